The van der Waals surface area contributed by atoms with Crippen molar-refractivity contribution in [2.24, 2.45) is 4.99 Å². The van der Waals surface area contributed by atoms with Crippen LogP contribution in [0.15, 0.2) is 17.1 Å². The number of guanidine groups is 1. The lowest BCUT2D eigenvalue weighted by Crippen LogP contribution is -2.46. The van der Waals surface area contributed by atoms with E-state index in [1.54, 1.807) is 0 Å². The van der Waals surface area contributed by atoms with Gasteiger partial charge in [0.2, 0.25) is 0 Å². The summed E-state index contributed by atoms with van der Waals surface area (Å²) in [6, 6.07) is 4.43. The van der Waals surface area contributed by atoms with Gasteiger partial charge in [0.05, 0.1) is 6.54 Å². The Bertz CT molecular complexity index is 506. The topological polar surface area (TPSA) is 42.9 Å². The summed E-state index contributed by atoms with van der Waals surface area (Å²) in [6.07, 6.45) is 3.56. The predicted octanol–water partition coefficient (Wildman–Crippen LogP) is 2.39. The number of nitrogens with one attached hydrogen (secondary N) is 2. The molecular formula is C19H35N5S. The second-order valence-electron chi connectivity index (χ2n) is 6.56. The fourth-order valence-electron chi connectivity index (χ4n) is 3.10. The maximum absolute atomic E-state index is 4.32. The van der Waals surface area contributed by atoms with Crippen molar-refractivity contribution in [2.45, 2.75) is 39.7 Å². The van der Waals surface area contributed by atoms with Gasteiger partial charge in [-0.25, -0.2) is 0 Å². The van der Waals surface area contributed by atoms with Gasteiger partial charge >= 0.3 is 0 Å². The Kier molecular flexibility index (Phi) is 9.29. The molecule has 1 fully saturated rings. The Labute approximate surface area is 157 Å². The van der Waals surface area contributed by atoms with Crippen molar-refractivity contribution < 1.29 is 0 Å². The van der Waals surface area contributed by atoms with E-state index >= 15 is 0 Å². The van der Waals surface area contributed by atoms with E-state index in [2.05, 4.69) is 51.4 Å². The lowest BCUT2D eigenvalue weighted by Gasteiger charge is -2.34. The number of rotatable bonds is 9. The molecule has 142 valence electrons. The highest BCUT2D eigenvalue weighted by Gasteiger charge is 2.14. The van der Waals surface area contributed by atoms with Gasteiger partial charge in [0.15, 0.2) is 5.96 Å². The standard InChI is InChI=1S/C19H35N5S/c1-4-17-8-9-18(25-17)16-22-19(20-3)21-10-6-7-11-24-14-12-23(5-2)13-15-24/h8-9H,4-7,10-16H2,1-3H3,(H2,20,21,22). The number of piperazine rings is 1. The predicted molar refractivity (Wildman–Crippen MR) is 110 cm³/mol. The molecule has 2 N–H and O–H groups in total. The van der Waals surface area contributed by atoms with Crippen molar-refractivity contribution in [3.63, 3.8) is 0 Å². The second kappa shape index (κ2) is 11.5. The summed E-state index contributed by atoms with van der Waals surface area (Å²) in [5.41, 5.74) is 0. The largest absolute Gasteiger partial charge is 0.356 e. The first kappa shape index (κ1) is 20.2. The quantitative estimate of drug-likeness (QED) is 0.401. The van der Waals surface area contributed by atoms with Crippen LogP contribution in [0, 0.1) is 0 Å². The van der Waals surface area contributed by atoms with Crippen molar-refractivity contribution in [2.75, 3.05) is 52.9 Å². The smallest absolute Gasteiger partial charge is 0.191 e. The van der Waals surface area contributed by atoms with Crippen molar-refractivity contribution in [3.8, 4) is 0 Å². The molecule has 1 aliphatic rings. The molecule has 2 heterocycles. The average molecular weight is 366 g/mol. The van der Waals surface area contributed by atoms with Gasteiger partial charge in [0.25, 0.3) is 0 Å². The van der Waals surface area contributed by atoms with Gasteiger partial charge in [-0.05, 0) is 44.5 Å². The van der Waals surface area contributed by atoms with E-state index in [4.69, 9.17) is 0 Å². The number of thiophene rings is 1. The van der Waals surface area contributed by atoms with E-state index in [1.807, 2.05) is 18.4 Å². The summed E-state index contributed by atoms with van der Waals surface area (Å²) in [5, 5.41) is 6.84. The number of nitrogens with zero attached hydrogens (tertiary/aromatic N) is 3. The number of likely N-dealkylation sites (N-methyl/N-ethyl adjacent to an activating group) is 1. The molecular weight excluding hydrogens is 330 g/mol. The molecule has 5 nitrogen and oxygen atoms in total. The van der Waals surface area contributed by atoms with Gasteiger partial charge in [0.1, 0.15) is 0 Å². The van der Waals surface area contributed by atoms with Crippen LogP contribution in [0.2, 0.25) is 0 Å². The Hall–Kier alpha value is -1.11. The Morgan fingerprint density at radius 2 is 1.76 bits per heavy atom. The summed E-state index contributed by atoms with van der Waals surface area (Å²) >= 11 is 1.88. The third-order valence-electron chi connectivity index (χ3n) is 4.83. The minimum atomic E-state index is 0.853. The van der Waals surface area contributed by atoms with Gasteiger partial charge in [-0.3, -0.25) is 4.99 Å². The molecule has 0 spiro atoms. The molecule has 0 atom stereocenters. The molecule has 0 aromatic carbocycles. The highest BCUT2D eigenvalue weighted by atomic mass is 32.1. The van der Waals surface area contributed by atoms with Crippen LogP contribution in [0.5, 0.6) is 0 Å². The average Bonchev–Trinajstić information content (AvgIpc) is 3.12. The molecule has 25 heavy (non-hydrogen) atoms. The Morgan fingerprint density at radius 1 is 1.04 bits per heavy atom. The number of aryl methyl sites for hydroxylation is 1. The van der Waals surface area contributed by atoms with Gasteiger partial charge in [-0.15, -0.1) is 11.3 Å². The fraction of sp³-hybridized carbons (Fsp3) is 0.737. The zero-order valence-electron chi connectivity index (χ0n) is 16.2. The van der Waals surface area contributed by atoms with Crippen molar-refractivity contribution in [1.82, 2.24) is 20.4 Å². The highest BCUT2D eigenvalue weighted by Crippen LogP contribution is 2.16. The van der Waals surface area contributed by atoms with Crippen molar-refractivity contribution in [3.05, 3.63) is 21.9 Å². The Balaban J connectivity index is 1.54. The molecule has 1 aliphatic heterocycles. The molecule has 6 heteroatoms. The zero-order valence-corrected chi connectivity index (χ0v) is 17.0. The van der Waals surface area contributed by atoms with E-state index in [1.165, 1.54) is 61.9 Å². The maximum atomic E-state index is 4.32. The minimum absolute atomic E-state index is 0.853. The molecule has 0 amide bonds. The first-order valence-corrected chi connectivity index (χ1v) is 10.5. The van der Waals surface area contributed by atoms with Gasteiger partial charge in [-0.1, -0.05) is 13.8 Å². The van der Waals surface area contributed by atoms with Crippen LogP contribution in [0.25, 0.3) is 0 Å². The molecule has 1 aromatic rings. The normalized spacial score (nSPS) is 17.0. The van der Waals surface area contributed by atoms with Gasteiger partial charge in [0, 0.05) is 49.5 Å². The third-order valence-corrected chi connectivity index (χ3v) is 6.05. The summed E-state index contributed by atoms with van der Waals surface area (Å²) in [7, 11) is 1.84. The second-order valence-corrected chi connectivity index (χ2v) is 7.81. The lowest BCUT2D eigenvalue weighted by molar-refractivity contribution is 0.136. The van der Waals surface area contributed by atoms with E-state index in [0.29, 0.717) is 0 Å². The maximum Gasteiger partial charge on any atom is 0.191 e. The Morgan fingerprint density at radius 3 is 2.40 bits per heavy atom. The summed E-state index contributed by atoms with van der Waals surface area (Å²) in [5.74, 6) is 0.906. The van der Waals surface area contributed by atoms with E-state index in [0.717, 1.165) is 25.5 Å². The molecule has 0 unspecified atom stereocenters. The minimum Gasteiger partial charge on any atom is -0.356 e. The summed E-state index contributed by atoms with van der Waals surface area (Å²) in [4.78, 5) is 12.3. The molecule has 0 bridgehead atoms. The zero-order chi connectivity index (χ0) is 17.9. The molecule has 1 aromatic heterocycles. The first-order chi connectivity index (χ1) is 12.2. The summed E-state index contributed by atoms with van der Waals surface area (Å²) < 4.78 is 0. The number of hydrogen-bond acceptors (Lipinski definition) is 4. The van der Waals surface area contributed by atoms with Crippen LogP contribution in [-0.4, -0.2) is 68.6 Å². The van der Waals surface area contributed by atoms with Crippen molar-refractivity contribution in [1.29, 1.82) is 0 Å². The van der Waals surface area contributed by atoms with Gasteiger partial charge < -0.3 is 20.4 Å². The van der Waals surface area contributed by atoms with Crippen LogP contribution in [0.4, 0.5) is 0 Å². The van der Waals surface area contributed by atoms with Crippen LogP contribution in [0.3, 0.4) is 0 Å². The fourth-order valence-corrected chi connectivity index (χ4v) is 3.99. The summed E-state index contributed by atoms with van der Waals surface area (Å²) in [6.45, 7) is 13.6. The van der Waals surface area contributed by atoms with Crippen LogP contribution in [0.1, 0.15) is 36.4 Å². The molecule has 0 aliphatic carbocycles. The molecule has 0 saturated carbocycles. The number of hydrogen-bond donors (Lipinski definition) is 2. The first-order valence-electron chi connectivity index (χ1n) is 9.72. The van der Waals surface area contributed by atoms with Crippen molar-refractivity contribution >= 4 is 17.3 Å². The number of unbranched alkanes of at least 4 members (excludes halogenated alkanes) is 1. The van der Waals surface area contributed by atoms with Gasteiger partial charge in [-0.2, -0.15) is 0 Å². The van der Waals surface area contributed by atoms with Crippen LogP contribution >= 0.6 is 11.3 Å². The number of aliphatic imine (C=N–C) groups is 1. The molecule has 0 radical (unpaired) electrons. The van der Waals surface area contributed by atoms with E-state index in [9.17, 15) is 0 Å². The van der Waals surface area contributed by atoms with Crippen LogP contribution < -0.4 is 10.6 Å². The third kappa shape index (κ3) is 7.34. The van der Waals surface area contributed by atoms with E-state index < -0.39 is 0 Å². The lowest BCUT2D eigenvalue weighted by atomic mass is 10.2. The van der Waals surface area contributed by atoms with Crippen LogP contribution in [-0.2, 0) is 13.0 Å². The monoisotopic (exact) mass is 365 g/mol. The van der Waals surface area contributed by atoms with E-state index in [-0.39, 0.29) is 0 Å². The molecule has 2 rings (SSSR count). The molecule has 1 saturated heterocycles. The SMILES string of the molecule is CCc1ccc(CNC(=NC)NCCCCN2CCN(CC)CC2)s1. The highest BCUT2D eigenvalue weighted by molar-refractivity contribution is 7.11.